The lowest BCUT2D eigenvalue weighted by molar-refractivity contribution is -0.126. The molecular weight excluding hydrogens is 424 g/mol. The molecule has 2 aromatic heterocycles. The SMILES string of the molecule is CCc1ccc(N(C(=O)Cc2cccs2)C(C(=O)NC2CCCC2)c2cccs2)cc1. The first-order valence-corrected chi connectivity index (χ1v) is 12.7. The molecule has 0 aliphatic heterocycles. The second-order valence-corrected chi connectivity index (χ2v) is 9.96. The first-order chi connectivity index (χ1) is 15.2. The largest absolute Gasteiger partial charge is 0.351 e. The van der Waals surface area contributed by atoms with E-state index in [-0.39, 0.29) is 24.3 Å². The summed E-state index contributed by atoms with van der Waals surface area (Å²) in [7, 11) is 0. The van der Waals surface area contributed by atoms with E-state index in [0.717, 1.165) is 47.5 Å². The van der Waals surface area contributed by atoms with Gasteiger partial charge in [-0.15, -0.1) is 22.7 Å². The Balaban J connectivity index is 1.70. The van der Waals surface area contributed by atoms with Crippen molar-refractivity contribution in [2.45, 2.75) is 57.5 Å². The summed E-state index contributed by atoms with van der Waals surface area (Å²) in [6.45, 7) is 2.11. The fraction of sp³-hybridized carbons (Fsp3) is 0.360. The zero-order valence-electron chi connectivity index (χ0n) is 17.8. The number of carbonyl (C=O) groups excluding carboxylic acids is 2. The maximum absolute atomic E-state index is 13.6. The Morgan fingerprint density at radius 1 is 1.03 bits per heavy atom. The molecule has 1 saturated carbocycles. The number of thiophene rings is 2. The number of hydrogen-bond donors (Lipinski definition) is 1. The molecule has 162 valence electrons. The van der Waals surface area contributed by atoms with Crippen molar-refractivity contribution in [1.82, 2.24) is 5.32 Å². The third kappa shape index (κ3) is 5.25. The molecule has 31 heavy (non-hydrogen) atoms. The van der Waals surface area contributed by atoms with Gasteiger partial charge in [0, 0.05) is 21.5 Å². The molecule has 0 bridgehead atoms. The van der Waals surface area contributed by atoms with Crippen LogP contribution in [0.5, 0.6) is 0 Å². The third-order valence-corrected chi connectivity index (χ3v) is 7.62. The van der Waals surface area contributed by atoms with Gasteiger partial charge in [-0.05, 0) is 59.9 Å². The van der Waals surface area contributed by atoms with Gasteiger partial charge in [0.25, 0.3) is 0 Å². The second kappa shape index (κ2) is 10.2. The summed E-state index contributed by atoms with van der Waals surface area (Å²) in [5, 5.41) is 7.17. The molecule has 2 amide bonds. The van der Waals surface area contributed by atoms with Crippen molar-refractivity contribution in [2.75, 3.05) is 4.90 Å². The molecule has 0 spiro atoms. The molecule has 3 aromatic rings. The van der Waals surface area contributed by atoms with Crippen LogP contribution in [0.3, 0.4) is 0 Å². The first kappa shape index (κ1) is 21.8. The number of nitrogens with one attached hydrogen (secondary N) is 1. The van der Waals surface area contributed by atoms with Crippen LogP contribution >= 0.6 is 22.7 Å². The molecule has 1 aliphatic carbocycles. The molecule has 1 aromatic carbocycles. The third-order valence-electron chi connectivity index (χ3n) is 5.82. The molecule has 1 fully saturated rings. The molecule has 1 N–H and O–H groups in total. The van der Waals surface area contributed by atoms with Crippen molar-refractivity contribution in [3.05, 3.63) is 74.6 Å². The highest BCUT2D eigenvalue weighted by molar-refractivity contribution is 7.10. The van der Waals surface area contributed by atoms with Crippen molar-refractivity contribution in [2.24, 2.45) is 0 Å². The molecule has 4 nitrogen and oxygen atoms in total. The highest BCUT2D eigenvalue weighted by Crippen LogP contribution is 2.32. The van der Waals surface area contributed by atoms with Crippen LogP contribution in [0.25, 0.3) is 0 Å². The van der Waals surface area contributed by atoms with E-state index >= 15 is 0 Å². The van der Waals surface area contributed by atoms with Gasteiger partial charge >= 0.3 is 0 Å². The summed E-state index contributed by atoms with van der Waals surface area (Å²) >= 11 is 3.09. The minimum absolute atomic E-state index is 0.0633. The molecule has 0 saturated heterocycles. The fourth-order valence-corrected chi connectivity index (χ4v) is 5.66. The van der Waals surface area contributed by atoms with Gasteiger partial charge in [0.05, 0.1) is 6.42 Å². The lowest BCUT2D eigenvalue weighted by atomic mass is 10.1. The van der Waals surface area contributed by atoms with Crippen LogP contribution < -0.4 is 10.2 Å². The van der Waals surface area contributed by atoms with E-state index in [2.05, 4.69) is 12.2 Å². The van der Waals surface area contributed by atoms with Crippen LogP contribution in [0.1, 0.15) is 54.0 Å². The Labute approximate surface area is 191 Å². The van der Waals surface area contributed by atoms with Gasteiger partial charge in [0.2, 0.25) is 11.8 Å². The van der Waals surface area contributed by atoms with Crippen molar-refractivity contribution in [3.8, 4) is 0 Å². The van der Waals surface area contributed by atoms with E-state index in [0.29, 0.717) is 0 Å². The van der Waals surface area contributed by atoms with Gasteiger partial charge in [-0.3, -0.25) is 14.5 Å². The number of hydrogen-bond acceptors (Lipinski definition) is 4. The average molecular weight is 453 g/mol. The number of amides is 2. The summed E-state index contributed by atoms with van der Waals surface area (Å²) in [6.07, 6.45) is 5.53. The molecule has 1 unspecified atom stereocenters. The molecule has 1 atom stereocenters. The van der Waals surface area contributed by atoms with E-state index in [9.17, 15) is 9.59 Å². The van der Waals surface area contributed by atoms with Crippen LogP contribution in [0, 0.1) is 0 Å². The number of rotatable bonds is 8. The molecule has 1 aliphatic rings. The minimum atomic E-state index is -0.666. The topological polar surface area (TPSA) is 49.4 Å². The van der Waals surface area contributed by atoms with E-state index in [1.165, 1.54) is 16.9 Å². The number of benzene rings is 1. The van der Waals surface area contributed by atoms with Gasteiger partial charge in [0.1, 0.15) is 6.04 Å². The van der Waals surface area contributed by atoms with Crippen LogP contribution in [0.15, 0.2) is 59.3 Å². The Bertz CT molecular complexity index is 975. The summed E-state index contributed by atoms with van der Waals surface area (Å²) in [4.78, 5) is 30.7. The van der Waals surface area contributed by atoms with Gasteiger partial charge in [-0.2, -0.15) is 0 Å². The Morgan fingerprint density at radius 3 is 2.35 bits per heavy atom. The molecule has 4 rings (SSSR count). The highest BCUT2D eigenvalue weighted by Gasteiger charge is 2.35. The van der Waals surface area contributed by atoms with E-state index in [1.807, 2.05) is 59.3 Å². The first-order valence-electron chi connectivity index (χ1n) is 10.9. The van der Waals surface area contributed by atoms with Crippen LogP contribution in [0.2, 0.25) is 0 Å². The predicted molar refractivity (Wildman–Crippen MR) is 129 cm³/mol. The van der Waals surface area contributed by atoms with Gasteiger partial charge in [0.15, 0.2) is 0 Å². The Kier molecular flexibility index (Phi) is 7.20. The molecule has 6 heteroatoms. The van der Waals surface area contributed by atoms with Crippen molar-refractivity contribution < 1.29 is 9.59 Å². The number of nitrogens with zero attached hydrogens (tertiary/aromatic N) is 1. The summed E-state index contributed by atoms with van der Waals surface area (Å²) in [6, 6.07) is 15.4. The zero-order valence-corrected chi connectivity index (χ0v) is 19.4. The van der Waals surface area contributed by atoms with Crippen molar-refractivity contribution in [3.63, 3.8) is 0 Å². The highest BCUT2D eigenvalue weighted by atomic mass is 32.1. The van der Waals surface area contributed by atoms with Gasteiger partial charge < -0.3 is 5.32 Å². The minimum Gasteiger partial charge on any atom is -0.351 e. The lowest BCUT2D eigenvalue weighted by Crippen LogP contribution is -2.46. The van der Waals surface area contributed by atoms with Crippen LogP contribution in [0.4, 0.5) is 5.69 Å². The smallest absolute Gasteiger partial charge is 0.248 e. The Hall–Kier alpha value is -2.44. The summed E-state index contributed by atoms with van der Waals surface area (Å²) in [5.74, 6) is -0.153. The monoisotopic (exact) mass is 452 g/mol. The van der Waals surface area contributed by atoms with Gasteiger partial charge in [-0.25, -0.2) is 0 Å². The number of anilines is 1. The number of aryl methyl sites for hydroxylation is 1. The lowest BCUT2D eigenvalue weighted by Gasteiger charge is -2.31. The fourth-order valence-electron chi connectivity index (χ4n) is 4.15. The van der Waals surface area contributed by atoms with Crippen molar-refractivity contribution in [1.29, 1.82) is 0 Å². The second-order valence-electron chi connectivity index (χ2n) is 7.95. The van der Waals surface area contributed by atoms with Crippen molar-refractivity contribution >= 4 is 40.2 Å². The summed E-state index contributed by atoms with van der Waals surface area (Å²) in [5.41, 5.74) is 1.97. The van der Waals surface area contributed by atoms with Crippen LogP contribution in [-0.2, 0) is 22.4 Å². The number of carbonyl (C=O) groups is 2. The van der Waals surface area contributed by atoms with Gasteiger partial charge in [-0.1, -0.05) is 44.0 Å². The molecule has 0 radical (unpaired) electrons. The van der Waals surface area contributed by atoms with E-state index in [1.54, 1.807) is 16.2 Å². The predicted octanol–water partition coefficient (Wildman–Crippen LogP) is 5.75. The van der Waals surface area contributed by atoms with Crippen LogP contribution in [-0.4, -0.2) is 17.9 Å². The van der Waals surface area contributed by atoms with E-state index in [4.69, 9.17) is 0 Å². The molecular formula is C25H28N2O2S2. The average Bonchev–Trinajstić information content (AvgIpc) is 3.55. The summed E-state index contributed by atoms with van der Waals surface area (Å²) < 4.78 is 0. The standard InChI is InChI=1S/C25H28N2O2S2/c1-2-18-11-13-20(14-12-18)27(23(28)17-21-9-5-15-30-21)24(22-10-6-16-31-22)25(29)26-19-7-3-4-8-19/h5-6,9-16,19,24H,2-4,7-8,17H2,1H3,(H,26,29). The molecule has 2 heterocycles. The Morgan fingerprint density at radius 2 is 1.74 bits per heavy atom. The van der Waals surface area contributed by atoms with E-state index < -0.39 is 6.04 Å². The normalized spacial score (nSPS) is 15.0. The zero-order chi connectivity index (χ0) is 21.6. The quantitative estimate of drug-likeness (QED) is 0.473. The maximum Gasteiger partial charge on any atom is 0.248 e. The maximum atomic E-state index is 13.6.